The van der Waals surface area contributed by atoms with Crippen LogP contribution in [0.4, 0.5) is 0 Å². The molecule has 0 spiro atoms. The highest BCUT2D eigenvalue weighted by molar-refractivity contribution is 5.98. The van der Waals surface area contributed by atoms with Crippen molar-refractivity contribution in [2.24, 2.45) is 5.92 Å². The lowest BCUT2D eigenvalue weighted by Gasteiger charge is -2.12. The summed E-state index contributed by atoms with van der Waals surface area (Å²) >= 11 is 0. The molecule has 27 heavy (non-hydrogen) atoms. The van der Waals surface area contributed by atoms with Crippen LogP contribution in [0.1, 0.15) is 35.9 Å². The number of aromatic nitrogens is 4. The van der Waals surface area contributed by atoms with Gasteiger partial charge in [-0.1, -0.05) is 6.07 Å². The minimum absolute atomic E-state index is 0.160. The predicted molar refractivity (Wildman–Crippen MR) is 100 cm³/mol. The van der Waals surface area contributed by atoms with E-state index < -0.39 is 0 Å². The van der Waals surface area contributed by atoms with Crippen LogP contribution in [0.2, 0.25) is 0 Å². The second-order valence-electron chi connectivity index (χ2n) is 7.20. The fourth-order valence-electron chi connectivity index (χ4n) is 3.43. The summed E-state index contributed by atoms with van der Waals surface area (Å²) in [6, 6.07) is 7.89. The molecule has 7 heteroatoms. The molecule has 1 atom stereocenters. The quantitative estimate of drug-likeness (QED) is 0.602. The summed E-state index contributed by atoms with van der Waals surface area (Å²) in [5.41, 5.74) is 5.05. The number of rotatable bonds is 4. The van der Waals surface area contributed by atoms with Crippen molar-refractivity contribution in [3.05, 3.63) is 48.4 Å². The van der Waals surface area contributed by atoms with E-state index in [1.807, 2.05) is 42.5 Å². The standard InChI is InChI=1S/C20H19N5O2/c1-11-7-16(14-5-6-15-17(8-14)27-10-22-15)24-19-18(21-9-25(11)19)20(26)23-12(2)13-3-4-13/h5-10,12-13H,3-4H2,1-2H3,(H,23,26). The molecular formula is C20H19N5O2. The zero-order valence-electron chi connectivity index (χ0n) is 15.1. The monoisotopic (exact) mass is 361 g/mol. The van der Waals surface area contributed by atoms with Crippen LogP contribution in [0.25, 0.3) is 28.0 Å². The van der Waals surface area contributed by atoms with Crippen molar-refractivity contribution in [2.45, 2.75) is 32.7 Å². The zero-order chi connectivity index (χ0) is 18.5. The number of nitrogens with one attached hydrogen (secondary N) is 1. The summed E-state index contributed by atoms with van der Waals surface area (Å²) in [6.45, 7) is 4.02. The zero-order valence-corrected chi connectivity index (χ0v) is 15.1. The van der Waals surface area contributed by atoms with Gasteiger partial charge >= 0.3 is 0 Å². The molecule has 0 saturated heterocycles. The number of aryl methyl sites for hydroxylation is 1. The number of fused-ring (bicyclic) bond motifs is 2. The smallest absolute Gasteiger partial charge is 0.274 e. The highest BCUT2D eigenvalue weighted by atomic mass is 16.3. The molecule has 1 aliphatic carbocycles. The van der Waals surface area contributed by atoms with Gasteiger partial charge in [-0.25, -0.2) is 15.0 Å². The molecule has 7 nitrogen and oxygen atoms in total. The number of carbonyl (C=O) groups is 1. The summed E-state index contributed by atoms with van der Waals surface area (Å²) in [6.07, 6.45) is 5.43. The average Bonchev–Trinajstić information content (AvgIpc) is 3.25. The van der Waals surface area contributed by atoms with Gasteiger partial charge < -0.3 is 9.73 Å². The Hall–Kier alpha value is -3.22. The van der Waals surface area contributed by atoms with Gasteiger partial charge in [0.2, 0.25) is 0 Å². The first-order chi connectivity index (χ1) is 13.1. The number of nitrogens with zero attached hydrogens (tertiary/aromatic N) is 4. The molecule has 1 N–H and O–H groups in total. The molecule has 1 unspecified atom stereocenters. The number of oxazole rings is 1. The Morgan fingerprint density at radius 1 is 1.30 bits per heavy atom. The van der Waals surface area contributed by atoms with Crippen molar-refractivity contribution in [2.75, 3.05) is 0 Å². The van der Waals surface area contributed by atoms with Gasteiger partial charge in [0.15, 0.2) is 23.3 Å². The minimum atomic E-state index is -0.174. The number of carbonyl (C=O) groups excluding carboxylic acids is 1. The van der Waals surface area contributed by atoms with E-state index in [1.165, 1.54) is 19.2 Å². The summed E-state index contributed by atoms with van der Waals surface area (Å²) in [7, 11) is 0. The lowest BCUT2D eigenvalue weighted by atomic mass is 10.1. The second kappa shape index (κ2) is 5.90. The molecule has 1 amide bonds. The number of hydrogen-bond acceptors (Lipinski definition) is 5. The summed E-state index contributed by atoms with van der Waals surface area (Å²) in [5.74, 6) is 0.411. The molecule has 4 aromatic rings. The average molecular weight is 361 g/mol. The van der Waals surface area contributed by atoms with E-state index >= 15 is 0 Å². The SMILES string of the molecule is Cc1cc(-c2ccc3ncoc3c2)nc2c(C(=O)NC(C)C3CC3)ncn12. The number of imidazole rings is 1. The third-order valence-electron chi connectivity index (χ3n) is 5.22. The second-order valence-corrected chi connectivity index (χ2v) is 7.20. The van der Waals surface area contributed by atoms with Crippen LogP contribution in [0.3, 0.4) is 0 Å². The van der Waals surface area contributed by atoms with Crippen LogP contribution >= 0.6 is 0 Å². The van der Waals surface area contributed by atoms with Gasteiger partial charge in [0.25, 0.3) is 5.91 Å². The Labute approximate surface area is 155 Å². The van der Waals surface area contributed by atoms with Gasteiger partial charge in [-0.3, -0.25) is 9.20 Å². The van der Waals surface area contributed by atoms with E-state index in [0.717, 1.165) is 22.5 Å². The normalized spacial score (nSPS) is 15.3. The van der Waals surface area contributed by atoms with Crippen LogP contribution in [0.5, 0.6) is 0 Å². The molecule has 0 radical (unpaired) electrons. The van der Waals surface area contributed by atoms with Crippen molar-refractivity contribution < 1.29 is 9.21 Å². The highest BCUT2D eigenvalue weighted by Gasteiger charge is 2.30. The lowest BCUT2D eigenvalue weighted by molar-refractivity contribution is 0.0933. The van der Waals surface area contributed by atoms with Gasteiger partial charge in [-0.05, 0) is 50.8 Å². The molecule has 136 valence electrons. The van der Waals surface area contributed by atoms with Crippen LogP contribution in [0, 0.1) is 12.8 Å². The fourth-order valence-corrected chi connectivity index (χ4v) is 3.43. The van der Waals surface area contributed by atoms with Crippen LogP contribution in [-0.2, 0) is 0 Å². The third-order valence-corrected chi connectivity index (χ3v) is 5.22. The van der Waals surface area contributed by atoms with Crippen molar-refractivity contribution >= 4 is 22.7 Å². The van der Waals surface area contributed by atoms with Crippen LogP contribution in [0.15, 0.2) is 41.4 Å². The minimum Gasteiger partial charge on any atom is -0.443 e. The summed E-state index contributed by atoms with van der Waals surface area (Å²) < 4.78 is 7.24. The molecule has 1 saturated carbocycles. The summed E-state index contributed by atoms with van der Waals surface area (Å²) in [5, 5.41) is 3.06. The Balaban J connectivity index is 1.57. The lowest BCUT2D eigenvalue weighted by Crippen LogP contribution is -2.34. The first kappa shape index (κ1) is 16.0. The maximum absolute atomic E-state index is 12.7. The van der Waals surface area contributed by atoms with E-state index in [9.17, 15) is 4.79 Å². The molecule has 1 fully saturated rings. The van der Waals surface area contributed by atoms with E-state index in [4.69, 9.17) is 9.40 Å². The highest BCUT2D eigenvalue weighted by Crippen LogP contribution is 2.32. The molecule has 3 heterocycles. The van der Waals surface area contributed by atoms with Gasteiger partial charge in [-0.2, -0.15) is 0 Å². The molecule has 0 bridgehead atoms. The number of hydrogen-bond donors (Lipinski definition) is 1. The fraction of sp³-hybridized carbons (Fsp3) is 0.300. The number of amides is 1. The largest absolute Gasteiger partial charge is 0.443 e. The predicted octanol–water partition coefficient (Wildman–Crippen LogP) is 3.37. The Bertz CT molecular complexity index is 1170. The third kappa shape index (κ3) is 2.75. The van der Waals surface area contributed by atoms with E-state index in [2.05, 4.69) is 15.3 Å². The number of benzene rings is 1. The van der Waals surface area contributed by atoms with Crippen LogP contribution in [-0.4, -0.2) is 31.3 Å². The first-order valence-corrected chi connectivity index (χ1v) is 9.09. The van der Waals surface area contributed by atoms with Gasteiger partial charge in [0.05, 0.1) is 5.69 Å². The molecule has 0 aliphatic heterocycles. The maximum atomic E-state index is 12.7. The Morgan fingerprint density at radius 2 is 2.15 bits per heavy atom. The van der Waals surface area contributed by atoms with Gasteiger partial charge in [0.1, 0.15) is 11.8 Å². The Morgan fingerprint density at radius 3 is 2.96 bits per heavy atom. The van der Waals surface area contributed by atoms with Gasteiger partial charge in [0, 0.05) is 17.3 Å². The van der Waals surface area contributed by atoms with E-state index in [0.29, 0.717) is 22.8 Å². The first-order valence-electron chi connectivity index (χ1n) is 9.09. The maximum Gasteiger partial charge on any atom is 0.274 e. The van der Waals surface area contributed by atoms with E-state index in [1.54, 1.807) is 6.33 Å². The molecule has 1 aliphatic rings. The molecule has 5 rings (SSSR count). The topological polar surface area (TPSA) is 85.3 Å². The van der Waals surface area contributed by atoms with Crippen molar-refractivity contribution in [1.82, 2.24) is 24.7 Å². The van der Waals surface area contributed by atoms with Gasteiger partial charge in [-0.15, -0.1) is 0 Å². The van der Waals surface area contributed by atoms with Crippen molar-refractivity contribution in [3.8, 4) is 11.3 Å². The van der Waals surface area contributed by atoms with E-state index in [-0.39, 0.29) is 11.9 Å². The Kier molecular flexibility index (Phi) is 3.50. The molecule has 3 aromatic heterocycles. The molecular weight excluding hydrogens is 342 g/mol. The molecule has 1 aromatic carbocycles. The van der Waals surface area contributed by atoms with Crippen molar-refractivity contribution in [1.29, 1.82) is 0 Å². The van der Waals surface area contributed by atoms with Crippen LogP contribution < -0.4 is 5.32 Å². The van der Waals surface area contributed by atoms with Crippen molar-refractivity contribution in [3.63, 3.8) is 0 Å². The summed E-state index contributed by atoms with van der Waals surface area (Å²) in [4.78, 5) is 25.9.